The maximum Gasteiger partial charge on any atom is 0 e. The van der Waals surface area contributed by atoms with Crippen LogP contribution in [0.15, 0.2) is 30.9 Å². The summed E-state index contributed by atoms with van der Waals surface area (Å²) in [6.45, 7) is 27.6. The molecule has 0 radical (unpaired) electrons. The number of allylic oxidation sites excluding steroid dienone is 1. The number of hydrogen-bond acceptors (Lipinski definition) is 1. The van der Waals surface area contributed by atoms with Crippen molar-refractivity contribution >= 4 is 11.6 Å². The maximum absolute atomic E-state index is 12.7. The number of carbonyl (C=O) groups is 1. The molecule has 1 amide bonds. The third-order valence-corrected chi connectivity index (χ3v) is 3.86. The van der Waals surface area contributed by atoms with E-state index in [4.69, 9.17) is 14.0 Å². The Bertz CT molecular complexity index is 628. The molecule has 0 bridgehead atoms. The second-order valence-corrected chi connectivity index (χ2v) is 6.75. The van der Waals surface area contributed by atoms with Gasteiger partial charge in [0.25, 0.3) is 0 Å². The third kappa shape index (κ3) is 10.5. The van der Waals surface area contributed by atoms with Gasteiger partial charge >= 0.3 is 33.9 Å². The molecular formula is C22H29CrNO4. The summed E-state index contributed by atoms with van der Waals surface area (Å²) in [5, 5.41) is 0. The van der Waals surface area contributed by atoms with Gasteiger partial charge < -0.3 is 4.90 Å². The molecule has 0 aromatic heterocycles. The summed E-state index contributed by atoms with van der Waals surface area (Å²) >= 11 is 0. The smallest absolute Gasteiger partial charge is 0 e. The van der Waals surface area contributed by atoms with E-state index in [9.17, 15) is 4.79 Å². The number of rotatable bonds is 5. The minimum Gasteiger partial charge on any atom is 0 e. The first-order chi connectivity index (χ1) is 12.7. The zero-order valence-electron chi connectivity index (χ0n) is 17.5. The maximum atomic E-state index is 12.7. The molecular weight excluding hydrogens is 394 g/mol. The number of anilines is 1. The van der Waals surface area contributed by atoms with E-state index in [-0.39, 0.29) is 28.7 Å². The van der Waals surface area contributed by atoms with E-state index in [1.165, 1.54) is 11.1 Å². The molecule has 6 heteroatoms. The van der Waals surface area contributed by atoms with Gasteiger partial charge in [0.2, 0.25) is 5.91 Å². The monoisotopic (exact) mass is 423 g/mol. The molecule has 0 fully saturated rings. The van der Waals surface area contributed by atoms with Gasteiger partial charge in [-0.15, -0.1) is 6.58 Å². The van der Waals surface area contributed by atoms with Crippen LogP contribution in [0.25, 0.3) is 0 Å². The van der Waals surface area contributed by atoms with Gasteiger partial charge in [0, 0.05) is 35.5 Å². The van der Waals surface area contributed by atoms with Crippen LogP contribution >= 0.6 is 0 Å². The Hall–Kier alpha value is -1.82. The van der Waals surface area contributed by atoms with Crippen LogP contribution in [0.1, 0.15) is 58.1 Å². The molecule has 5 nitrogen and oxygen atoms in total. The van der Waals surface area contributed by atoms with Crippen LogP contribution in [-0.4, -0.2) is 13.0 Å². The number of benzene rings is 1. The van der Waals surface area contributed by atoms with Crippen LogP contribution in [0.5, 0.6) is 0 Å². The predicted molar refractivity (Wildman–Crippen MR) is 104 cm³/mol. The minimum absolute atomic E-state index is 0. The largest absolute Gasteiger partial charge is 0 e. The predicted octanol–water partition coefficient (Wildman–Crippen LogP) is 4.82. The first-order valence-electron chi connectivity index (χ1n) is 8.36. The van der Waals surface area contributed by atoms with Crippen molar-refractivity contribution in [2.45, 2.75) is 53.4 Å². The summed E-state index contributed by atoms with van der Waals surface area (Å²) in [5.74, 6) is 0.509. The molecule has 0 aliphatic carbocycles. The Balaban J connectivity index is -0.000000374. The SMILES string of the molecule is C=CC[C@@H](C)c1cccc(CC)c1N(C)C(=O)C(C)(C)C.[C-]#[O+].[C-]#[O+].[C-]#[O+].[Cr]. The van der Waals surface area contributed by atoms with Crippen molar-refractivity contribution in [3.8, 4) is 0 Å². The van der Waals surface area contributed by atoms with Crippen molar-refractivity contribution < 1.29 is 36.1 Å². The van der Waals surface area contributed by atoms with Gasteiger partial charge in [-0.3, -0.25) is 4.79 Å². The molecule has 0 aliphatic rings. The van der Waals surface area contributed by atoms with Crippen molar-refractivity contribution in [3.63, 3.8) is 0 Å². The van der Waals surface area contributed by atoms with Crippen LogP contribution in [0.3, 0.4) is 0 Å². The number of carbonyl (C=O) groups excluding carboxylic acids is 1. The minimum atomic E-state index is -0.380. The number of hydrogen-bond donors (Lipinski definition) is 0. The molecule has 0 unspecified atom stereocenters. The number of aryl methyl sites for hydroxylation is 1. The molecule has 1 atom stereocenters. The summed E-state index contributed by atoms with van der Waals surface area (Å²) in [4.78, 5) is 14.5. The topological polar surface area (TPSA) is 80.0 Å². The summed E-state index contributed by atoms with van der Waals surface area (Å²) in [7, 11) is 1.90. The summed E-state index contributed by atoms with van der Waals surface area (Å²) in [5.41, 5.74) is 3.15. The Labute approximate surface area is 180 Å². The normalized spacial score (nSPS) is 9.86. The second-order valence-electron chi connectivity index (χ2n) is 6.75. The fraction of sp³-hybridized carbons (Fsp3) is 0.455. The second kappa shape index (κ2) is 18.5. The first-order valence-corrected chi connectivity index (χ1v) is 8.36. The number of para-hydroxylation sites is 1. The van der Waals surface area contributed by atoms with Gasteiger partial charge in [-0.2, -0.15) is 0 Å². The zero-order valence-corrected chi connectivity index (χ0v) is 18.8. The van der Waals surface area contributed by atoms with Crippen molar-refractivity contribution in [3.05, 3.63) is 61.9 Å². The van der Waals surface area contributed by atoms with Crippen molar-refractivity contribution in [2.24, 2.45) is 5.41 Å². The van der Waals surface area contributed by atoms with E-state index in [0.717, 1.165) is 18.5 Å². The van der Waals surface area contributed by atoms with Crippen molar-refractivity contribution in [1.29, 1.82) is 0 Å². The van der Waals surface area contributed by atoms with Gasteiger partial charge in [-0.05, 0) is 29.9 Å². The molecule has 28 heavy (non-hydrogen) atoms. The van der Waals surface area contributed by atoms with Crippen LogP contribution in [-0.2, 0) is 42.5 Å². The van der Waals surface area contributed by atoms with Gasteiger partial charge in [0.05, 0.1) is 0 Å². The van der Waals surface area contributed by atoms with E-state index in [0.29, 0.717) is 5.92 Å². The standard InChI is InChI=1S/C19H29NO.3CO.Cr/c1-8-11-14(3)16-13-10-12-15(9-2)17(16)20(7)18(21)19(4,5)6;3*1-2;/h8,10,12-14H,1,9,11H2,2-7H3;;;;/t14-;;;;/m1..../s1. The molecule has 0 saturated heterocycles. The fourth-order valence-electron chi connectivity index (χ4n) is 2.68. The van der Waals surface area contributed by atoms with E-state index in [2.05, 4.69) is 58.6 Å². The molecule has 1 aromatic carbocycles. The summed E-state index contributed by atoms with van der Waals surface area (Å²) < 4.78 is 22.5. The van der Waals surface area contributed by atoms with Crippen LogP contribution in [0.4, 0.5) is 5.69 Å². The average Bonchev–Trinajstić information content (AvgIpc) is 2.70. The molecule has 0 spiro atoms. The van der Waals surface area contributed by atoms with Crippen LogP contribution < -0.4 is 4.90 Å². The Morgan fingerprint density at radius 2 is 1.64 bits per heavy atom. The molecule has 152 valence electrons. The summed E-state index contributed by atoms with van der Waals surface area (Å²) in [6.07, 6.45) is 3.78. The van der Waals surface area contributed by atoms with Gasteiger partial charge in [0.15, 0.2) is 0 Å². The van der Waals surface area contributed by atoms with Gasteiger partial charge in [-0.25, -0.2) is 0 Å². The van der Waals surface area contributed by atoms with E-state index in [1.807, 2.05) is 38.8 Å². The van der Waals surface area contributed by atoms with Gasteiger partial charge in [0.1, 0.15) is 0 Å². The summed E-state index contributed by atoms with van der Waals surface area (Å²) in [6, 6.07) is 6.34. The van der Waals surface area contributed by atoms with E-state index < -0.39 is 0 Å². The Kier molecular flexibility index (Phi) is 22.3. The van der Waals surface area contributed by atoms with Crippen molar-refractivity contribution in [1.82, 2.24) is 0 Å². The van der Waals surface area contributed by atoms with E-state index >= 15 is 0 Å². The van der Waals surface area contributed by atoms with Gasteiger partial charge in [-0.1, -0.05) is 58.9 Å². The Morgan fingerprint density at radius 1 is 1.18 bits per heavy atom. The van der Waals surface area contributed by atoms with Crippen LogP contribution in [0, 0.1) is 25.4 Å². The third-order valence-electron chi connectivity index (χ3n) is 3.86. The van der Waals surface area contributed by atoms with Crippen LogP contribution in [0.2, 0.25) is 0 Å². The van der Waals surface area contributed by atoms with E-state index in [1.54, 1.807) is 0 Å². The van der Waals surface area contributed by atoms with Crippen molar-refractivity contribution in [2.75, 3.05) is 11.9 Å². The zero-order chi connectivity index (χ0) is 22.2. The molecule has 0 saturated carbocycles. The average molecular weight is 423 g/mol. The quantitative estimate of drug-likeness (QED) is 0.380. The molecule has 0 aliphatic heterocycles. The molecule has 0 heterocycles. The number of nitrogens with zero attached hydrogens (tertiary/aromatic N) is 1. The molecule has 1 aromatic rings. The Morgan fingerprint density at radius 3 is 2.00 bits per heavy atom. The molecule has 0 N–H and O–H groups in total. The molecule has 1 rings (SSSR count). The first kappa shape index (κ1) is 33.7. The number of amides is 1. The fourth-order valence-corrected chi connectivity index (χ4v) is 2.68.